The maximum Gasteiger partial charge on any atom is 0.261 e. The van der Waals surface area contributed by atoms with Crippen molar-refractivity contribution in [3.63, 3.8) is 0 Å². The Morgan fingerprint density at radius 2 is 1.88 bits per heavy atom. The molecule has 3 N–H and O–H groups in total. The van der Waals surface area contributed by atoms with E-state index in [9.17, 15) is 19.8 Å². The number of hydrogen-bond donors (Lipinski definition) is 3. The van der Waals surface area contributed by atoms with Gasteiger partial charge in [-0.25, -0.2) is 0 Å². The van der Waals surface area contributed by atoms with Gasteiger partial charge in [-0.05, 0) is 37.0 Å². The molecule has 2 heterocycles. The van der Waals surface area contributed by atoms with Gasteiger partial charge in [0.15, 0.2) is 0 Å². The fourth-order valence-corrected chi connectivity index (χ4v) is 3.14. The van der Waals surface area contributed by atoms with Crippen molar-refractivity contribution in [2.24, 2.45) is 0 Å². The molecule has 25 heavy (non-hydrogen) atoms. The lowest BCUT2D eigenvalue weighted by atomic mass is 9.96. The highest BCUT2D eigenvalue weighted by molar-refractivity contribution is 5.94. The summed E-state index contributed by atoms with van der Waals surface area (Å²) >= 11 is 0. The van der Waals surface area contributed by atoms with Crippen LogP contribution in [0, 0.1) is 0 Å². The quantitative estimate of drug-likeness (QED) is 0.786. The SMILES string of the molecule is O=C(c1ccc(-c2ccccc2)[nH]c1=O)N1CCC[C@@](O)(CO)CC1. The van der Waals surface area contributed by atoms with Crippen LogP contribution >= 0.6 is 0 Å². The third-order valence-electron chi connectivity index (χ3n) is 4.72. The smallest absolute Gasteiger partial charge is 0.261 e. The van der Waals surface area contributed by atoms with Crippen LogP contribution < -0.4 is 5.56 Å². The number of carbonyl (C=O) groups is 1. The van der Waals surface area contributed by atoms with E-state index in [1.165, 1.54) is 0 Å². The molecule has 1 fully saturated rings. The van der Waals surface area contributed by atoms with Gasteiger partial charge in [0, 0.05) is 18.8 Å². The molecule has 0 spiro atoms. The van der Waals surface area contributed by atoms with Crippen molar-refractivity contribution >= 4 is 5.91 Å². The molecule has 3 rings (SSSR count). The second-order valence-corrected chi connectivity index (χ2v) is 6.51. The number of likely N-dealkylation sites (tertiary alicyclic amines) is 1. The fourth-order valence-electron chi connectivity index (χ4n) is 3.14. The van der Waals surface area contributed by atoms with Crippen molar-refractivity contribution in [2.75, 3.05) is 19.7 Å². The molecule has 1 atom stereocenters. The highest BCUT2D eigenvalue weighted by Gasteiger charge is 2.31. The maximum absolute atomic E-state index is 12.7. The van der Waals surface area contributed by atoms with Gasteiger partial charge < -0.3 is 20.1 Å². The fraction of sp³-hybridized carbons (Fsp3) is 0.368. The van der Waals surface area contributed by atoms with E-state index in [2.05, 4.69) is 4.98 Å². The van der Waals surface area contributed by atoms with Crippen LogP contribution in [0.15, 0.2) is 47.3 Å². The van der Waals surface area contributed by atoms with Crippen molar-refractivity contribution in [1.82, 2.24) is 9.88 Å². The Bertz CT molecular complexity index is 803. The van der Waals surface area contributed by atoms with Crippen LogP contribution in [-0.2, 0) is 0 Å². The van der Waals surface area contributed by atoms with Gasteiger partial charge in [0.25, 0.3) is 11.5 Å². The van der Waals surface area contributed by atoms with Crippen molar-refractivity contribution < 1.29 is 15.0 Å². The summed E-state index contributed by atoms with van der Waals surface area (Å²) in [4.78, 5) is 29.4. The lowest BCUT2D eigenvalue weighted by Crippen LogP contribution is -2.38. The van der Waals surface area contributed by atoms with E-state index in [1.807, 2.05) is 30.3 Å². The number of aliphatic hydroxyl groups excluding tert-OH is 1. The average molecular weight is 342 g/mol. The minimum atomic E-state index is -1.14. The Hall–Kier alpha value is -2.44. The minimum absolute atomic E-state index is 0.0918. The van der Waals surface area contributed by atoms with E-state index < -0.39 is 11.2 Å². The highest BCUT2D eigenvalue weighted by Crippen LogP contribution is 2.22. The normalized spacial score (nSPS) is 21.0. The van der Waals surface area contributed by atoms with E-state index in [-0.39, 0.29) is 18.1 Å². The van der Waals surface area contributed by atoms with Gasteiger partial charge >= 0.3 is 0 Å². The Balaban J connectivity index is 1.80. The molecule has 0 aliphatic carbocycles. The zero-order valence-corrected chi connectivity index (χ0v) is 13.9. The first kappa shape index (κ1) is 17.4. The number of aliphatic hydroxyl groups is 2. The molecule has 1 aliphatic heterocycles. The molecular formula is C19H22N2O4. The summed E-state index contributed by atoms with van der Waals surface area (Å²) in [6, 6.07) is 12.7. The predicted octanol–water partition coefficient (Wildman–Crippen LogP) is 1.39. The Morgan fingerprint density at radius 1 is 1.12 bits per heavy atom. The second-order valence-electron chi connectivity index (χ2n) is 6.51. The molecule has 0 bridgehead atoms. The summed E-state index contributed by atoms with van der Waals surface area (Å²) in [6.07, 6.45) is 1.33. The van der Waals surface area contributed by atoms with Gasteiger partial charge in [0.05, 0.1) is 12.2 Å². The minimum Gasteiger partial charge on any atom is -0.393 e. The lowest BCUT2D eigenvalue weighted by Gasteiger charge is -2.24. The number of aromatic nitrogens is 1. The van der Waals surface area contributed by atoms with Crippen LogP contribution in [0.3, 0.4) is 0 Å². The molecule has 2 aromatic rings. The van der Waals surface area contributed by atoms with Crippen molar-refractivity contribution in [1.29, 1.82) is 0 Å². The molecule has 1 amide bonds. The number of amides is 1. The molecular weight excluding hydrogens is 320 g/mol. The molecule has 1 aromatic heterocycles. The molecule has 6 nitrogen and oxygen atoms in total. The van der Waals surface area contributed by atoms with Gasteiger partial charge in [-0.15, -0.1) is 0 Å². The average Bonchev–Trinajstić information content (AvgIpc) is 2.84. The van der Waals surface area contributed by atoms with E-state index >= 15 is 0 Å². The number of benzene rings is 1. The summed E-state index contributed by atoms with van der Waals surface area (Å²) in [5.41, 5.74) is 0.0645. The Kier molecular flexibility index (Phi) is 5.01. The van der Waals surface area contributed by atoms with Crippen LogP contribution in [0.2, 0.25) is 0 Å². The van der Waals surface area contributed by atoms with Crippen LogP contribution in [-0.4, -0.2) is 51.3 Å². The van der Waals surface area contributed by atoms with Crippen LogP contribution in [0.25, 0.3) is 11.3 Å². The molecule has 1 aliphatic rings. The zero-order chi connectivity index (χ0) is 17.9. The number of carbonyl (C=O) groups excluding carboxylic acids is 1. The number of rotatable bonds is 3. The topological polar surface area (TPSA) is 93.6 Å². The van der Waals surface area contributed by atoms with E-state index in [0.29, 0.717) is 38.0 Å². The van der Waals surface area contributed by atoms with Crippen molar-refractivity contribution in [3.05, 3.63) is 58.4 Å². The zero-order valence-electron chi connectivity index (χ0n) is 13.9. The molecule has 0 saturated carbocycles. The Morgan fingerprint density at radius 3 is 2.56 bits per heavy atom. The van der Waals surface area contributed by atoms with Crippen LogP contribution in [0.5, 0.6) is 0 Å². The highest BCUT2D eigenvalue weighted by atomic mass is 16.3. The monoisotopic (exact) mass is 342 g/mol. The Labute approximate surface area is 145 Å². The summed E-state index contributed by atoms with van der Waals surface area (Å²) in [7, 11) is 0. The number of aromatic amines is 1. The standard InChI is InChI=1S/C19H22N2O4/c22-13-19(25)9-4-11-21(12-10-19)18(24)15-7-8-16(20-17(15)23)14-5-2-1-3-6-14/h1-3,5-8,22,25H,4,9-13H2,(H,20,23)/t19-/m0/s1. The lowest BCUT2D eigenvalue weighted by molar-refractivity contribution is -0.0250. The van der Waals surface area contributed by atoms with Crippen LogP contribution in [0.4, 0.5) is 0 Å². The van der Waals surface area contributed by atoms with Crippen LogP contribution in [0.1, 0.15) is 29.6 Å². The summed E-state index contributed by atoms with van der Waals surface area (Å²) in [5, 5.41) is 19.5. The third kappa shape index (κ3) is 3.81. The number of hydrogen-bond acceptors (Lipinski definition) is 4. The number of nitrogens with zero attached hydrogens (tertiary/aromatic N) is 1. The maximum atomic E-state index is 12.7. The molecule has 1 saturated heterocycles. The number of H-pyrrole nitrogens is 1. The van der Waals surface area contributed by atoms with E-state index in [0.717, 1.165) is 5.56 Å². The largest absolute Gasteiger partial charge is 0.393 e. The molecule has 0 unspecified atom stereocenters. The number of pyridine rings is 1. The number of nitrogens with one attached hydrogen (secondary N) is 1. The van der Waals surface area contributed by atoms with Crippen molar-refractivity contribution in [3.8, 4) is 11.3 Å². The van der Waals surface area contributed by atoms with E-state index in [4.69, 9.17) is 0 Å². The van der Waals surface area contributed by atoms with E-state index in [1.54, 1.807) is 17.0 Å². The molecule has 6 heteroatoms. The summed E-state index contributed by atoms with van der Waals surface area (Å²) in [5.74, 6) is -0.344. The second kappa shape index (κ2) is 7.21. The van der Waals surface area contributed by atoms with Crippen molar-refractivity contribution in [2.45, 2.75) is 24.9 Å². The summed E-state index contributed by atoms with van der Waals surface area (Å²) < 4.78 is 0. The first-order chi connectivity index (χ1) is 12.0. The predicted molar refractivity (Wildman–Crippen MR) is 94.3 cm³/mol. The molecule has 132 valence electrons. The molecule has 0 radical (unpaired) electrons. The van der Waals surface area contributed by atoms with Gasteiger partial charge in [-0.2, -0.15) is 0 Å². The van der Waals surface area contributed by atoms with Gasteiger partial charge in [0.2, 0.25) is 0 Å². The summed E-state index contributed by atoms with van der Waals surface area (Å²) in [6.45, 7) is 0.457. The van der Waals surface area contributed by atoms with Gasteiger partial charge in [-0.1, -0.05) is 30.3 Å². The molecule has 1 aromatic carbocycles. The van der Waals surface area contributed by atoms with Gasteiger partial charge in [-0.3, -0.25) is 9.59 Å². The third-order valence-corrected chi connectivity index (χ3v) is 4.72. The van der Waals surface area contributed by atoms with Gasteiger partial charge in [0.1, 0.15) is 5.56 Å². The first-order valence-electron chi connectivity index (χ1n) is 8.44. The first-order valence-corrected chi connectivity index (χ1v) is 8.44.